The molecule has 3 rings (SSSR count). The van der Waals surface area contributed by atoms with Crippen molar-refractivity contribution in [1.82, 2.24) is 9.80 Å². The molecule has 0 N–H and O–H groups in total. The zero-order valence-corrected chi connectivity index (χ0v) is 15.1. The van der Waals surface area contributed by atoms with Gasteiger partial charge in [0, 0.05) is 32.7 Å². The lowest BCUT2D eigenvalue weighted by atomic mass is 10.2. The number of rotatable bonds is 5. The Balaban J connectivity index is 1.63. The molecule has 1 atom stereocenters. The van der Waals surface area contributed by atoms with E-state index in [-0.39, 0.29) is 11.8 Å². The van der Waals surface area contributed by atoms with Crippen molar-refractivity contribution >= 4 is 17.5 Å². The molecular formula is C20H25N3O3. The predicted molar refractivity (Wildman–Crippen MR) is 101 cm³/mol. The zero-order chi connectivity index (χ0) is 18.5. The van der Waals surface area contributed by atoms with Gasteiger partial charge in [-0.2, -0.15) is 0 Å². The molecule has 0 radical (unpaired) electrons. The minimum absolute atomic E-state index is 0.0216. The Kier molecular flexibility index (Phi) is 5.61. The van der Waals surface area contributed by atoms with Crippen molar-refractivity contribution in [2.24, 2.45) is 0 Å². The van der Waals surface area contributed by atoms with E-state index in [0.717, 1.165) is 24.5 Å². The van der Waals surface area contributed by atoms with Crippen LogP contribution in [0.4, 0.5) is 5.69 Å². The van der Waals surface area contributed by atoms with Crippen molar-refractivity contribution in [3.8, 4) is 5.75 Å². The summed E-state index contributed by atoms with van der Waals surface area (Å²) in [4.78, 5) is 30.4. The van der Waals surface area contributed by atoms with Gasteiger partial charge in [0.2, 0.25) is 11.8 Å². The predicted octanol–water partition coefficient (Wildman–Crippen LogP) is 1.69. The summed E-state index contributed by atoms with van der Waals surface area (Å²) >= 11 is 0. The van der Waals surface area contributed by atoms with Gasteiger partial charge >= 0.3 is 0 Å². The summed E-state index contributed by atoms with van der Waals surface area (Å²) in [6, 6.07) is 7.47. The summed E-state index contributed by atoms with van der Waals surface area (Å²) in [6.45, 7) is 9.29. The van der Waals surface area contributed by atoms with Crippen LogP contribution in [0.25, 0.3) is 0 Å². The number of anilines is 1. The summed E-state index contributed by atoms with van der Waals surface area (Å²) in [6.07, 6.45) is 4.93. The molecule has 2 aliphatic heterocycles. The van der Waals surface area contributed by atoms with Crippen molar-refractivity contribution in [3.05, 3.63) is 49.1 Å². The van der Waals surface area contributed by atoms with E-state index in [1.165, 1.54) is 6.08 Å². The number of benzene rings is 1. The molecule has 0 bridgehead atoms. The number of piperazine rings is 1. The van der Waals surface area contributed by atoms with E-state index in [0.29, 0.717) is 26.2 Å². The summed E-state index contributed by atoms with van der Waals surface area (Å²) in [7, 11) is 0. The third-order valence-electron chi connectivity index (χ3n) is 4.76. The van der Waals surface area contributed by atoms with Crippen molar-refractivity contribution in [2.45, 2.75) is 13.0 Å². The molecule has 1 aromatic rings. The van der Waals surface area contributed by atoms with Crippen molar-refractivity contribution in [1.29, 1.82) is 0 Å². The van der Waals surface area contributed by atoms with Gasteiger partial charge in [0.1, 0.15) is 11.8 Å². The summed E-state index contributed by atoms with van der Waals surface area (Å²) in [5, 5.41) is 0. The van der Waals surface area contributed by atoms with Crippen LogP contribution < -0.4 is 9.64 Å². The van der Waals surface area contributed by atoms with Gasteiger partial charge in [-0.15, -0.1) is 0 Å². The molecule has 26 heavy (non-hydrogen) atoms. The molecule has 0 aliphatic carbocycles. The highest BCUT2D eigenvalue weighted by Crippen LogP contribution is 2.29. The van der Waals surface area contributed by atoms with Crippen LogP contribution in [0.3, 0.4) is 0 Å². The van der Waals surface area contributed by atoms with Crippen LogP contribution in [-0.4, -0.2) is 67.0 Å². The number of hydrogen-bond donors (Lipinski definition) is 0. The fourth-order valence-electron chi connectivity index (χ4n) is 3.43. The Labute approximate surface area is 154 Å². The van der Waals surface area contributed by atoms with Crippen molar-refractivity contribution in [3.63, 3.8) is 0 Å². The van der Waals surface area contributed by atoms with E-state index < -0.39 is 6.04 Å². The van der Waals surface area contributed by atoms with E-state index in [1.54, 1.807) is 11.0 Å². The fraction of sp³-hybridized carbons (Fsp3) is 0.400. The van der Waals surface area contributed by atoms with Gasteiger partial charge in [-0.25, -0.2) is 0 Å². The standard InChI is InChI=1S/C20H25N3O3/c1-3-19(24)23-11-7-9-17(23)20(25)22-14-12-21(13-15-22)16-8-5-6-10-18(16)26-4-2/h3,5-10,17H,1,4,11-15H2,2H3/t17-/m0/s1. The molecule has 1 aromatic carbocycles. The number of carbonyl (C=O) groups is 2. The van der Waals surface area contributed by atoms with Gasteiger partial charge < -0.3 is 19.4 Å². The maximum atomic E-state index is 12.8. The smallest absolute Gasteiger partial charge is 0.249 e. The second kappa shape index (κ2) is 8.08. The lowest BCUT2D eigenvalue weighted by Gasteiger charge is -2.38. The van der Waals surface area contributed by atoms with E-state index in [9.17, 15) is 9.59 Å². The number of carbonyl (C=O) groups excluding carboxylic acids is 2. The van der Waals surface area contributed by atoms with Crippen LogP contribution in [0.1, 0.15) is 6.92 Å². The second-order valence-corrected chi connectivity index (χ2v) is 6.28. The molecule has 0 unspecified atom stereocenters. The van der Waals surface area contributed by atoms with Crippen LogP contribution in [-0.2, 0) is 9.59 Å². The average molecular weight is 355 g/mol. The summed E-state index contributed by atoms with van der Waals surface area (Å²) in [5.74, 6) is 0.639. The molecule has 6 heteroatoms. The van der Waals surface area contributed by atoms with Gasteiger partial charge in [-0.3, -0.25) is 9.59 Å². The van der Waals surface area contributed by atoms with Crippen LogP contribution >= 0.6 is 0 Å². The zero-order valence-electron chi connectivity index (χ0n) is 15.1. The minimum atomic E-state index is -0.511. The monoisotopic (exact) mass is 355 g/mol. The lowest BCUT2D eigenvalue weighted by molar-refractivity contribution is -0.140. The maximum absolute atomic E-state index is 12.8. The fourth-order valence-corrected chi connectivity index (χ4v) is 3.43. The number of para-hydroxylation sites is 2. The van der Waals surface area contributed by atoms with Gasteiger partial charge in [0.25, 0.3) is 0 Å². The highest BCUT2D eigenvalue weighted by molar-refractivity contribution is 5.94. The van der Waals surface area contributed by atoms with Crippen LogP contribution in [0.2, 0.25) is 0 Å². The summed E-state index contributed by atoms with van der Waals surface area (Å²) in [5.41, 5.74) is 1.06. The van der Waals surface area contributed by atoms with E-state index >= 15 is 0 Å². The summed E-state index contributed by atoms with van der Waals surface area (Å²) < 4.78 is 5.71. The van der Waals surface area contributed by atoms with Crippen molar-refractivity contribution < 1.29 is 14.3 Å². The molecule has 138 valence electrons. The highest BCUT2D eigenvalue weighted by Gasteiger charge is 2.34. The first-order valence-electron chi connectivity index (χ1n) is 9.01. The Morgan fingerprint density at radius 2 is 1.96 bits per heavy atom. The Hall–Kier alpha value is -2.76. The third kappa shape index (κ3) is 3.59. The molecule has 0 saturated carbocycles. The number of ether oxygens (including phenoxy) is 1. The topological polar surface area (TPSA) is 53.1 Å². The highest BCUT2D eigenvalue weighted by atomic mass is 16.5. The van der Waals surface area contributed by atoms with Gasteiger partial charge in [-0.1, -0.05) is 30.9 Å². The molecule has 6 nitrogen and oxygen atoms in total. The molecule has 1 saturated heterocycles. The second-order valence-electron chi connectivity index (χ2n) is 6.28. The van der Waals surface area contributed by atoms with Crippen LogP contribution in [0.15, 0.2) is 49.1 Å². The van der Waals surface area contributed by atoms with Crippen LogP contribution in [0, 0.1) is 0 Å². The Bertz CT molecular complexity index is 708. The molecule has 2 aliphatic rings. The number of amides is 2. The number of hydrogen-bond acceptors (Lipinski definition) is 4. The SMILES string of the molecule is C=CC(=O)N1CC=C[C@H]1C(=O)N1CCN(c2ccccc2OCC)CC1. The van der Waals surface area contributed by atoms with Crippen molar-refractivity contribution in [2.75, 3.05) is 44.2 Å². The van der Waals surface area contributed by atoms with Gasteiger partial charge in [0.15, 0.2) is 0 Å². The quantitative estimate of drug-likeness (QED) is 0.596. The molecule has 2 amide bonds. The minimum Gasteiger partial charge on any atom is -0.492 e. The third-order valence-corrected chi connectivity index (χ3v) is 4.76. The largest absolute Gasteiger partial charge is 0.492 e. The molecule has 0 spiro atoms. The molecule has 1 fully saturated rings. The van der Waals surface area contributed by atoms with Gasteiger partial charge in [-0.05, 0) is 25.1 Å². The lowest BCUT2D eigenvalue weighted by Crippen LogP contribution is -2.54. The maximum Gasteiger partial charge on any atom is 0.249 e. The van der Waals surface area contributed by atoms with Gasteiger partial charge in [0.05, 0.1) is 12.3 Å². The van der Waals surface area contributed by atoms with Crippen LogP contribution in [0.5, 0.6) is 5.75 Å². The van der Waals surface area contributed by atoms with E-state index in [1.807, 2.05) is 42.2 Å². The molecular weight excluding hydrogens is 330 g/mol. The normalized spacial score (nSPS) is 19.6. The Morgan fingerprint density at radius 1 is 1.23 bits per heavy atom. The van der Waals surface area contributed by atoms with E-state index in [2.05, 4.69) is 11.5 Å². The first-order chi connectivity index (χ1) is 12.7. The first-order valence-corrected chi connectivity index (χ1v) is 9.01. The van der Waals surface area contributed by atoms with E-state index in [4.69, 9.17) is 4.74 Å². The average Bonchev–Trinajstić information content (AvgIpc) is 3.17. The molecule has 0 aromatic heterocycles. The Morgan fingerprint density at radius 3 is 2.65 bits per heavy atom. The molecule has 2 heterocycles. The number of nitrogens with zero attached hydrogens (tertiary/aromatic N) is 3. The first kappa shape index (κ1) is 18.0.